The van der Waals surface area contributed by atoms with Gasteiger partial charge in [0.05, 0.1) is 11.8 Å². The van der Waals surface area contributed by atoms with Crippen molar-refractivity contribution in [3.8, 4) is 0 Å². The Morgan fingerprint density at radius 3 is 2.80 bits per heavy atom. The minimum absolute atomic E-state index is 0.216. The molecule has 0 aliphatic heterocycles. The highest BCUT2D eigenvalue weighted by atomic mass is 16.3. The van der Waals surface area contributed by atoms with Crippen LogP contribution in [0.3, 0.4) is 0 Å². The van der Waals surface area contributed by atoms with Gasteiger partial charge in [-0.25, -0.2) is 0 Å². The quantitative estimate of drug-likeness (QED) is 0.562. The van der Waals surface area contributed by atoms with Crippen molar-refractivity contribution in [2.24, 2.45) is 0 Å². The molecule has 0 unspecified atom stereocenters. The third kappa shape index (κ3) is 1.48. The molecule has 3 aromatic heterocycles. The number of benzene rings is 1. The number of ketones is 1. The van der Waals surface area contributed by atoms with Crippen LogP contribution in [0, 0.1) is 0 Å². The first-order chi connectivity index (χ1) is 9.84. The van der Waals surface area contributed by atoms with Gasteiger partial charge in [-0.2, -0.15) is 0 Å². The molecular weight excluding hydrogens is 252 g/mol. The highest BCUT2D eigenvalue weighted by Crippen LogP contribution is 2.27. The van der Waals surface area contributed by atoms with Crippen LogP contribution in [0.2, 0.25) is 0 Å². The van der Waals surface area contributed by atoms with E-state index in [2.05, 4.69) is 9.97 Å². The van der Waals surface area contributed by atoms with Gasteiger partial charge in [0, 0.05) is 22.5 Å². The molecule has 0 radical (unpaired) electrons. The predicted octanol–water partition coefficient (Wildman–Crippen LogP) is 3.54. The third-order valence-electron chi connectivity index (χ3n) is 3.39. The molecule has 0 spiro atoms. The lowest BCUT2D eigenvalue weighted by molar-refractivity contribution is 0.101. The monoisotopic (exact) mass is 262 g/mol. The normalized spacial score (nSPS) is 11.2. The summed E-state index contributed by atoms with van der Waals surface area (Å²) in [6.07, 6.45) is 3.14. The summed E-state index contributed by atoms with van der Waals surface area (Å²) in [7, 11) is 0. The van der Waals surface area contributed by atoms with Gasteiger partial charge in [0.15, 0.2) is 5.76 Å². The average Bonchev–Trinajstić information content (AvgIpc) is 3.13. The van der Waals surface area contributed by atoms with Gasteiger partial charge in [0.25, 0.3) is 0 Å². The minimum atomic E-state index is -0.216. The summed E-state index contributed by atoms with van der Waals surface area (Å²) >= 11 is 0. The Bertz CT molecular complexity index is 920. The molecule has 0 aliphatic carbocycles. The molecule has 20 heavy (non-hydrogen) atoms. The fourth-order valence-electron chi connectivity index (χ4n) is 2.47. The molecule has 0 saturated carbocycles. The van der Waals surface area contributed by atoms with Crippen LogP contribution < -0.4 is 0 Å². The molecule has 0 fully saturated rings. The van der Waals surface area contributed by atoms with Gasteiger partial charge in [0.1, 0.15) is 5.69 Å². The van der Waals surface area contributed by atoms with E-state index in [1.807, 2.05) is 30.3 Å². The van der Waals surface area contributed by atoms with Gasteiger partial charge in [-0.3, -0.25) is 9.78 Å². The van der Waals surface area contributed by atoms with Gasteiger partial charge in [-0.15, -0.1) is 0 Å². The first-order valence-electron chi connectivity index (χ1n) is 6.28. The Labute approximate surface area is 114 Å². The summed E-state index contributed by atoms with van der Waals surface area (Å²) in [4.78, 5) is 19.9. The van der Waals surface area contributed by atoms with Gasteiger partial charge in [-0.05, 0) is 24.3 Å². The molecular formula is C16H10N2O2. The average molecular weight is 262 g/mol. The largest absolute Gasteiger partial charge is 0.461 e. The van der Waals surface area contributed by atoms with Crippen LogP contribution in [-0.2, 0) is 0 Å². The zero-order valence-electron chi connectivity index (χ0n) is 10.5. The molecule has 96 valence electrons. The number of hydrogen-bond acceptors (Lipinski definition) is 3. The molecule has 1 aromatic carbocycles. The Morgan fingerprint density at radius 1 is 1.05 bits per heavy atom. The SMILES string of the molecule is O=C(c1ccco1)c1nccc2c1[nH]c1ccccc12. The van der Waals surface area contributed by atoms with E-state index in [1.165, 1.54) is 6.26 Å². The van der Waals surface area contributed by atoms with Gasteiger partial charge in [-0.1, -0.05) is 18.2 Å². The minimum Gasteiger partial charge on any atom is -0.461 e. The van der Waals surface area contributed by atoms with E-state index in [4.69, 9.17) is 4.42 Å². The highest BCUT2D eigenvalue weighted by molar-refractivity contribution is 6.17. The third-order valence-corrected chi connectivity index (χ3v) is 3.39. The van der Waals surface area contributed by atoms with Gasteiger partial charge >= 0.3 is 0 Å². The summed E-state index contributed by atoms with van der Waals surface area (Å²) < 4.78 is 5.17. The van der Waals surface area contributed by atoms with Crippen molar-refractivity contribution < 1.29 is 9.21 Å². The second-order valence-corrected chi connectivity index (χ2v) is 4.56. The molecule has 4 nitrogen and oxygen atoms in total. The molecule has 0 atom stereocenters. The number of para-hydroxylation sites is 1. The van der Waals surface area contributed by atoms with E-state index in [9.17, 15) is 4.79 Å². The second kappa shape index (κ2) is 4.06. The van der Waals surface area contributed by atoms with E-state index < -0.39 is 0 Å². The number of pyridine rings is 1. The highest BCUT2D eigenvalue weighted by Gasteiger charge is 2.18. The maximum Gasteiger partial charge on any atom is 0.248 e. The van der Waals surface area contributed by atoms with Crippen molar-refractivity contribution in [1.29, 1.82) is 0 Å². The van der Waals surface area contributed by atoms with Crippen LogP contribution in [0.5, 0.6) is 0 Å². The van der Waals surface area contributed by atoms with Gasteiger partial charge < -0.3 is 9.40 Å². The lowest BCUT2D eigenvalue weighted by atomic mass is 10.1. The summed E-state index contributed by atoms with van der Waals surface area (Å²) in [5, 5.41) is 2.07. The van der Waals surface area contributed by atoms with E-state index in [0.29, 0.717) is 11.5 Å². The molecule has 0 saturated heterocycles. The van der Waals surface area contributed by atoms with Crippen molar-refractivity contribution >= 4 is 27.6 Å². The van der Waals surface area contributed by atoms with Crippen molar-refractivity contribution in [2.45, 2.75) is 0 Å². The van der Waals surface area contributed by atoms with Crippen LogP contribution in [-0.4, -0.2) is 15.8 Å². The number of fused-ring (bicyclic) bond motifs is 3. The first-order valence-corrected chi connectivity index (χ1v) is 6.28. The number of aromatic nitrogens is 2. The fourth-order valence-corrected chi connectivity index (χ4v) is 2.47. The van der Waals surface area contributed by atoms with Crippen molar-refractivity contribution in [3.05, 3.63) is 66.4 Å². The van der Waals surface area contributed by atoms with Crippen LogP contribution in [0.15, 0.2) is 59.3 Å². The standard InChI is InChI=1S/C16H10N2O2/c19-16(13-6-3-9-20-13)15-14-11(7-8-17-15)10-4-1-2-5-12(10)18-14/h1-9,18H. The van der Waals surface area contributed by atoms with Crippen molar-refractivity contribution in [2.75, 3.05) is 0 Å². The molecule has 0 aliphatic rings. The van der Waals surface area contributed by atoms with E-state index in [1.54, 1.807) is 18.3 Å². The van der Waals surface area contributed by atoms with E-state index in [0.717, 1.165) is 21.8 Å². The lowest BCUT2D eigenvalue weighted by Crippen LogP contribution is -2.03. The predicted molar refractivity (Wildman–Crippen MR) is 75.7 cm³/mol. The molecule has 4 aromatic rings. The van der Waals surface area contributed by atoms with Crippen LogP contribution >= 0.6 is 0 Å². The summed E-state index contributed by atoms with van der Waals surface area (Å²) in [6.45, 7) is 0. The topological polar surface area (TPSA) is 58.9 Å². The number of aromatic amines is 1. The smallest absolute Gasteiger partial charge is 0.248 e. The number of furan rings is 1. The van der Waals surface area contributed by atoms with E-state index in [-0.39, 0.29) is 5.78 Å². The van der Waals surface area contributed by atoms with E-state index >= 15 is 0 Å². The summed E-state index contributed by atoms with van der Waals surface area (Å²) in [6, 6.07) is 13.2. The maximum absolute atomic E-state index is 12.4. The number of carbonyl (C=O) groups is 1. The fraction of sp³-hybridized carbons (Fsp3) is 0. The summed E-state index contributed by atoms with van der Waals surface area (Å²) in [5.41, 5.74) is 2.12. The Balaban J connectivity index is 2.03. The second-order valence-electron chi connectivity index (χ2n) is 4.56. The number of nitrogens with zero attached hydrogens (tertiary/aromatic N) is 1. The molecule has 1 N–H and O–H groups in total. The zero-order chi connectivity index (χ0) is 13.5. The Hall–Kier alpha value is -2.88. The lowest BCUT2D eigenvalue weighted by Gasteiger charge is -1.98. The Morgan fingerprint density at radius 2 is 1.95 bits per heavy atom. The number of nitrogens with one attached hydrogen (secondary N) is 1. The van der Waals surface area contributed by atoms with Crippen molar-refractivity contribution in [3.63, 3.8) is 0 Å². The molecule has 0 bridgehead atoms. The zero-order valence-corrected chi connectivity index (χ0v) is 10.5. The molecule has 4 heteroatoms. The number of hydrogen-bond donors (Lipinski definition) is 1. The Kier molecular flexibility index (Phi) is 2.23. The van der Waals surface area contributed by atoms with Gasteiger partial charge in [0.2, 0.25) is 5.78 Å². The van der Waals surface area contributed by atoms with Crippen molar-refractivity contribution in [1.82, 2.24) is 9.97 Å². The molecule has 4 rings (SSSR count). The number of carbonyl (C=O) groups excluding carboxylic acids is 1. The van der Waals surface area contributed by atoms with Crippen LogP contribution in [0.25, 0.3) is 21.8 Å². The first kappa shape index (κ1) is 11.0. The molecule has 3 heterocycles. The number of H-pyrrole nitrogens is 1. The van der Waals surface area contributed by atoms with Crippen LogP contribution in [0.4, 0.5) is 0 Å². The van der Waals surface area contributed by atoms with Crippen LogP contribution in [0.1, 0.15) is 16.2 Å². The summed E-state index contributed by atoms with van der Waals surface area (Å²) in [5.74, 6) is 0.0795. The maximum atomic E-state index is 12.4. The molecule has 0 amide bonds. The number of rotatable bonds is 2.